The first-order chi connectivity index (χ1) is 11.3. The largest absolute Gasteiger partial charge is 0.277 e. The molecule has 0 aliphatic carbocycles. The highest BCUT2D eigenvalue weighted by Crippen LogP contribution is 2.17. The van der Waals surface area contributed by atoms with E-state index in [1.54, 1.807) is 4.57 Å². The van der Waals surface area contributed by atoms with E-state index in [2.05, 4.69) is 15.4 Å². The van der Waals surface area contributed by atoms with E-state index in [1.165, 1.54) is 11.1 Å². The second-order valence-corrected chi connectivity index (χ2v) is 5.17. The Bertz CT molecular complexity index is 1010. The van der Waals surface area contributed by atoms with E-state index in [9.17, 15) is 4.79 Å². The van der Waals surface area contributed by atoms with Crippen LogP contribution in [0.25, 0.3) is 16.6 Å². The van der Waals surface area contributed by atoms with E-state index < -0.39 is 0 Å². The van der Waals surface area contributed by atoms with Gasteiger partial charge in [-0.1, -0.05) is 36.4 Å². The molecule has 0 aliphatic rings. The second-order valence-electron chi connectivity index (χ2n) is 5.17. The third-order valence-electron chi connectivity index (χ3n) is 3.70. The van der Waals surface area contributed by atoms with Crippen molar-refractivity contribution in [3.8, 4) is 5.69 Å². The number of pyridine rings is 1. The smallest absolute Gasteiger partial charge is 0.260 e. The molecule has 23 heavy (non-hydrogen) atoms. The van der Waals surface area contributed by atoms with Crippen molar-refractivity contribution in [2.75, 3.05) is 0 Å². The minimum absolute atomic E-state index is 0.0767. The molecule has 0 aliphatic heterocycles. The number of fused-ring (bicyclic) bond motifs is 1. The lowest BCUT2D eigenvalue weighted by Gasteiger charge is -2.12. The summed E-state index contributed by atoms with van der Waals surface area (Å²) in [6, 6.07) is 19.3. The minimum Gasteiger partial charge on any atom is -0.277 e. The number of nitrogens with zero attached hydrogens (tertiary/aromatic N) is 5. The molecular weight excluding hydrogens is 290 g/mol. The summed E-state index contributed by atoms with van der Waals surface area (Å²) >= 11 is 0. The zero-order valence-electron chi connectivity index (χ0n) is 12.2. The lowest BCUT2D eigenvalue weighted by molar-refractivity contribution is 0.568. The van der Waals surface area contributed by atoms with Crippen LogP contribution in [0.3, 0.4) is 0 Å². The van der Waals surface area contributed by atoms with E-state index in [4.69, 9.17) is 0 Å². The van der Waals surface area contributed by atoms with Gasteiger partial charge in [0, 0.05) is 11.3 Å². The van der Waals surface area contributed by atoms with Gasteiger partial charge in [-0.05, 0) is 34.9 Å². The topological polar surface area (TPSA) is 65.6 Å². The van der Waals surface area contributed by atoms with E-state index in [0.29, 0.717) is 5.56 Å². The van der Waals surface area contributed by atoms with Gasteiger partial charge in [-0.2, -0.15) is 4.80 Å². The molecule has 2 aromatic carbocycles. The summed E-state index contributed by atoms with van der Waals surface area (Å²) in [4.78, 5) is 14.4. The third-order valence-corrected chi connectivity index (χ3v) is 3.70. The molecular formula is C17H13N5O. The van der Waals surface area contributed by atoms with Crippen LogP contribution in [-0.4, -0.2) is 24.8 Å². The second kappa shape index (κ2) is 5.49. The maximum absolute atomic E-state index is 13.0. The number of para-hydroxylation sites is 2. The van der Waals surface area contributed by atoms with Gasteiger partial charge in [0.15, 0.2) is 6.33 Å². The highest BCUT2D eigenvalue weighted by molar-refractivity contribution is 5.81. The Hall–Kier alpha value is -3.28. The molecule has 0 N–H and O–H groups in total. The SMILES string of the molecule is O=c1c(Cn2ncnn2)cc2ccccc2n1-c1ccccc1. The van der Waals surface area contributed by atoms with Crippen LogP contribution < -0.4 is 5.56 Å². The van der Waals surface area contributed by atoms with Crippen molar-refractivity contribution in [2.24, 2.45) is 0 Å². The van der Waals surface area contributed by atoms with Crippen molar-refractivity contribution in [3.05, 3.63) is 82.9 Å². The van der Waals surface area contributed by atoms with Crippen LogP contribution in [0, 0.1) is 0 Å². The first kappa shape index (κ1) is 13.4. The van der Waals surface area contributed by atoms with Crippen LogP contribution in [0.1, 0.15) is 5.56 Å². The van der Waals surface area contributed by atoms with Crippen LogP contribution in [0.4, 0.5) is 0 Å². The monoisotopic (exact) mass is 303 g/mol. The number of rotatable bonds is 3. The maximum Gasteiger partial charge on any atom is 0.260 e. The van der Waals surface area contributed by atoms with Gasteiger partial charge in [-0.15, -0.1) is 10.2 Å². The Morgan fingerprint density at radius 1 is 0.957 bits per heavy atom. The predicted molar refractivity (Wildman–Crippen MR) is 86.5 cm³/mol. The fourth-order valence-electron chi connectivity index (χ4n) is 2.68. The van der Waals surface area contributed by atoms with Crippen LogP contribution in [0.5, 0.6) is 0 Å². The zero-order valence-corrected chi connectivity index (χ0v) is 12.2. The Morgan fingerprint density at radius 2 is 1.74 bits per heavy atom. The molecule has 0 spiro atoms. The number of hydrogen-bond donors (Lipinski definition) is 0. The molecule has 6 nitrogen and oxygen atoms in total. The summed E-state index contributed by atoms with van der Waals surface area (Å²) in [6.07, 6.45) is 1.36. The molecule has 2 aromatic heterocycles. The zero-order chi connectivity index (χ0) is 15.6. The maximum atomic E-state index is 13.0. The number of hydrogen-bond acceptors (Lipinski definition) is 4. The van der Waals surface area contributed by atoms with Crippen LogP contribution >= 0.6 is 0 Å². The molecule has 2 heterocycles. The van der Waals surface area contributed by atoms with E-state index in [1.807, 2.05) is 60.7 Å². The normalized spacial score (nSPS) is 11.0. The fraction of sp³-hybridized carbons (Fsp3) is 0.0588. The van der Waals surface area contributed by atoms with E-state index in [-0.39, 0.29) is 12.1 Å². The van der Waals surface area contributed by atoms with Crippen molar-refractivity contribution < 1.29 is 0 Å². The van der Waals surface area contributed by atoms with Gasteiger partial charge in [0.05, 0.1) is 12.1 Å². The van der Waals surface area contributed by atoms with Crippen molar-refractivity contribution in [1.82, 2.24) is 24.8 Å². The summed E-state index contributed by atoms with van der Waals surface area (Å²) in [6.45, 7) is 0.288. The molecule has 0 saturated carbocycles. The van der Waals surface area contributed by atoms with E-state index in [0.717, 1.165) is 16.6 Å². The summed E-state index contributed by atoms with van der Waals surface area (Å²) in [7, 11) is 0. The highest BCUT2D eigenvalue weighted by atomic mass is 16.1. The fourth-order valence-corrected chi connectivity index (χ4v) is 2.68. The van der Waals surface area contributed by atoms with Gasteiger partial charge in [-0.25, -0.2) is 0 Å². The Kier molecular flexibility index (Phi) is 3.20. The predicted octanol–water partition coefficient (Wildman–Crippen LogP) is 2.03. The lowest BCUT2D eigenvalue weighted by atomic mass is 10.1. The molecule has 6 heteroatoms. The summed E-state index contributed by atoms with van der Waals surface area (Å²) in [5.41, 5.74) is 2.25. The van der Waals surface area contributed by atoms with Gasteiger partial charge in [0.1, 0.15) is 0 Å². The highest BCUT2D eigenvalue weighted by Gasteiger charge is 2.11. The summed E-state index contributed by atoms with van der Waals surface area (Å²) in [5.74, 6) is 0. The van der Waals surface area contributed by atoms with Gasteiger partial charge in [0.25, 0.3) is 5.56 Å². The molecule has 0 atom stereocenters. The van der Waals surface area contributed by atoms with Gasteiger partial charge in [-0.3, -0.25) is 9.36 Å². The standard InChI is InChI=1S/C17H13N5O/c23-17-14(11-21-19-12-18-20-21)10-13-6-4-5-9-16(13)22(17)15-7-2-1-3-8-15/h1-10,12H,11H2. The van der Waals surface area contributed by atoms with Crippen LogP contribution in [0.2, 0.25) is 0 Å². The molecule has 0 saturated heterocycles. The van der Waals surface area contributed by atoms with Crippen molar-refractivity contribution in [3.63, 3.8) is 0 Å². The molecule has 4 aromatic rings. The van der Waals surface area contributed by atoms with E-state index >= 15 is 0 Å². The first-order valence-electron chi connectivity index (χ1n) is 7.23. The lowest BCUT2D eigenvalue weighted by Crippen LogP contribution is -2.24. The first-order valence-corrected chi connectivity index (χ1v) is 7.23. The quantitative estimate of drug-likeness (QED) is 0.581. The van der Waals surface area contributed by atoms with Crippen LogP contribution in [0.15, 0.2) is 71.8 Å². The van der Waals surface area contributed by atoms with Crippen molar-refractivity contribution >= 4 is 10.9 Å². The number of benzene rings is 2. The number of tetrazole rings is 1. The molecule has 0 amide bonds. The minimum atomic E-state index is -0.0767. The molecule has 4 rings (SSSR count). The summed E-state index contributed by atoms with van der Waals surface area (Å²) < 4.78 is 1.72. The Labute approximate surface area is 131 Å². The molecule has 0 fully saturated rings. The third kappa shape index (κ3) is 2.40. The van der Waals surface area contributed by atoms with Gasteiger partial charge in [0.2, 0.25) is 0 Å². The number of aromatic nitrogens is 5. The Morgan fingerprint density at radius 3 is 2.52 bits per heavy atom. The Balaban J connectivity index is 1.99. The average Bonchev–Trinajstić information content (AvgIpc) is 3.09. The molecule has 0 unspecified atom stereocenters. The van der Waals surface area contributed by atoms with Crippen LogP contribution in [-0.2, 0) is 6.54 Å². The molecule has 0 radical (unpaired) electrons. The van der Waals surface area contributed by atoms with Crippen molar-refractivity contribution in [1.29, 1.82) is 0 Å². The average molecular weight is 303 g/mol. The van der Waals surface area contributed by atoms with Gasteiger partial charge >= 0.3 is 0 Å². The summed E-state index contributed by atoms with van der Waals surface area (Å²) in [5, 5.41) is 12.5. The molecule has 112 valence electrons. The van der Waals surface area contributed by atoms with Crippen molar-refractivity contribution in [2.45, 2.75) is 6.54 Å². The molecule has 0 bridgehead atoms. The van der Waals surface area contributed by atoms with Gasteiger partial charge < -0.3 is 0 Å².